The maximum absolute atomic E-state index is 5.62. The fraction of sp³-hybridized carbons (Fsp3) is 0.333. The predicted octanol–water partition coefficient (Wildman–Crippen LogP) is 3.43. The summed E-state index contributed by atoms with van der Waals surface area (Å²) in [4.78, 5) is 0. The topological polar surface area (TPSA) is 26.0 Å². The van der Waals surface area contributed by atoms with Crippen LogP contribution in [0.4, 0.5) is 0 Å². The molecule has 0 aliphatic rings. The Hall–Kier alpha value is -0.500. The van der Waals surface area contributed by atoms with Crippen molar-refractivity contribution >= 4 is 24.0 Å². The molecule has 1 rings (SSSR count). The van der Waals surface area contributed by atoms with Gasteiger partial charge < -0.3 is 5.73 Å². The third-order valence-electron chi connectivity index (χ3n) is 2.23. The zero-order chi connectivity index (χ0) is 10.4. The summed E-state index contributed by atoms with van der Waals surface area (Å²) < 4.78 is 0. The average molecular weight is 246 g/mol. The zero-order valence-corrected chi connectivity index (χ0v) is 10.4. The van der Waals surface area contributed by atoms with E-state index in [1.165, 1.54) is 11.1 Å². The second kappa shape index (κ2) is 7.75. The molecule has 1 aromatic rings. The third-order valence-corrected chi connectivity index (χ3v) is 2.54. The van der Waals surface area contributed by atoms with Crippen LogP contribution in [0.2, 0.25) is 0 Å². The molecular weight excluding hydrogens is 229 g/mol. The van der Waals surface area contributed by atoms with Crippen molar-refractivity contribution in [1.82, 2.24) is 0 Å². The van der Waals surface area contributed by atoms with Gasteiger partial charge in [-0.2, -0.15) is 0 Å². The molecule has 0 unspecified atom stereocenters. The molecule has 3 heteroatoms. The van der Waals surface area contributed by atoms with Crippen LogP contribution in [0, 0.1) is 6.92 Å². The first-order valence-corrected chi connectivity index (χ1v) is 5.23. The van der Waals surface area contributed by atoms with Crippen LogP contribution in [-0.4, -0.2) is 6.54 Å². The lowest BCUT2D eigenvalue weighted by Crippen LogP contribution is -2.03. The van der Waals surface area contributed by atoms with E-state index in [0.29, 0.717) is 6.54 Å². The summed E-state index contributed by atoms with van der Waals surface area (Å²) in [6.45, 7) is 2.65. The highest BCUT2D eigenvalue weighted by Gasteiger charge is 1.97. The van der Waals surface area contributed by atoms with Gasteiger partial charge in [0, 0.05) is 12.1 Å². The van der Waals surface area contributed by atoms with Crippen molar-refractivity contribution in [3.63, 3.8) is 0 Å². The lowest BCUT2D eigenvalue weighted by Gasteiger charge is -2.04. The maximum atomic E-state index is 5.62. The van der Waals surface area contributed by atoms with Crippen molar-refractivity contribution in [1.29, 1.82) is 0 Å². The SMILES string of the molecule is Cc1cccc(CCC(=CCl)CN)c1.Cl. The van der Waals surface area contributed by atoms with Crippen LogP contribution >= 0.6 is 24.0 Å². The Morgan fingerprint density at radius 1 is 1.47 bits per heavy atom. The second-order valence-electron chi connectivity index (χ2n) is 3.46. The Kier molecular flexibility index (Phi) is 7.49. The van der Waals surface area contributed by atoms with Crippen LogP contribution in [-0.2, 0) is 6.42 Å². The molecule has 84 valence electrons. The van der Waals surface area contributed by atoms with Gasteiger partial charge in [0.25, 0.3) is 0 Å². The average Bonchev–Trinajstić information content (AvgIpc) is 2.19. The van der Waals surface area contributed by atoms with E-state index in [1.54, 1.807) is 5.54 Å². The van der Waals surface area contributed by atoms with E-state index in [4.69, 9.17) is 17.3 Å². The Labute approximate surface area is 103 Å². The van der Waals surface area contributed by atoms with Crippen LogP contribution < -0.4 is 5.73 Å². The van der Waals surface area contributed by atoms with Crippen molar-refractivity contribution < 1.29 is 0 Å². The lowest BCUT2D eigenvalue weighted by molar-refractivity contribution is 0.905. The van der Waals surface area contributed by atoms with E-state index in [-0.39, 0.29) is 12.4 Å². The summed E-state index contributed by atoms with van der Waals surface area (Å²) in [6.07, 6.45) is 1.96. The van der Waals surface area contributed by atoms with Crippen LogP contribution in [0.25, 0.3) is 0 Å². The molecule has 2 N–H and O–H groups in total. The molecule has 1 aromatic carbocycles. The van der Waals surface area contributed by atoms with Gasteiger partial charge in [-0.1, -0.05) is 41.4 Å². The molecule has 0 atom stereocenters. The molecule has 15 heavy (non-hydrogen) atoms. The number of hydrogen-bond acceptors (Lipinski definition) is 1. The fourth-order valence-corrected chi connectivity index (χ4v) is 1.57. The van der Waals surface area contributed by atoms with Crippen LogP contribution in [0.15, 0.2) is 35.4 Å². The minimum absolute atomic E-state index is 0. The molecular formula is C12H17Cl2N. The summed E-state index contributed by atoms with van der Waals surface area (Å²) in [5.41, 5.74) is 10.9. The summed E-state index contributed by atoms with van der Waals surface area (Å²) in [7, 11) is 0. The third kappa shape index (κ3) is 5.22. The highest BCUT2D eigenvalue weighted by atomic mass is 35.5. The summed E-state index contributed by atoms with van der Waals surface area (Å²) in [5.74, 6) is 0. The van der Waals surface area contributed by atoms with Gasteiger partial charge in [0.1, 0.15) is 0 Å². The summed E-state index contributed by atoms with van der Waals surface area (Å²) in [6, 6.07) is 8.51. The van der Waals surface area contributed by atoms with Crippen LogP contribution in [0.3, 0.4) is 0 Å². The highest BCUT2D eigenvalue weighted by Crippen LogP contribution is 2.10. The van der Waals surface area contributed by atoms with E-state index >= 15 is 0 Å². The Morgan fingerprint density at radius 3 is 2.73 bits per heavy atom. The van der Waals surface area contributed by atoms with Gasteiger partial charge >= 0.3 is 0 Å². The quantitative estimate of drug-likeness (QED) is 0.865. The molecule has 0 aliphatic heterocycles. The monoisotopic (exact) mass is 245 g/mol. The number of aryl methyl sites for hydroxylation is 2. The molecule has 0 aliphatic carbocycles. The number of rotatable bonds is 4. The largest absolute Gasteiger partial charge is 0.327 e. The van der Waals surface area contributed by atoms with Gasteiger partial charge in [-0.15, -0.1) is 12.4 Å². The first-order chi connectivity index (χ1) is 6.76. The van der Waals surface area contributed by atoms with E-state index < -0.39 is 0 Å². The Balaban J connectivity index is 0.00000196. The van der Waals surface area contributed by atoms with Crippen molar-refractivity contribution in [2.45, 2.75) is 19.8 Å². The van der Waals surface area contributed by atoms with E-state index in [0.717, 1.165) is 18.4 Å². The highest BCUT2D eigenvalue weighted by molar-refractivity contribution is 6.25. The second-order valence-corrected chi connectivity index (χ2v) is 3.68. The number of halogens is 2. The normalized spacial score (nSPS) is 11.0. The van der Waals surface area contributed by atoms with Gasteiger partial charge in [-0.25, -0.2) is 0 Å². The molecule has 0 saturated heterocycles. The fourth-order valence-electron chi connectivity index (χ4n) is 1.37. The van der Waals surface area contributed by atoms with Crippen LogP contribution in [0.5, 0.6) is 0 Å². The molecule has 0 radical (unpaired) electrons. The van der Waals surface area contributed by atoms with Gasteiger partial charge in [0.15, 0.2) is 0 Å². The lowest BCUT2D eigenvalue weighted by atomic mass is 10.0. The number of nitrogens with two attached hydrogens (primary N) is 1. The molecule has 0 spiro atoms. The van der Waals surface area contributed by atoms with Gasteiger partial charge in [-0.3, -0.25) is 0 Å². The summed E-state index contributed by atoms with van der Waals surface area (Å²) >= 11 is 5.62. The van der Waals surface area contributed by atoms with Crippen LogP contribution in [0.1, 0.15) is 17.5 Å². The Bertz CT molecular complexity index is 321. The van der Waals surface area contributed by atoms with Crippen molar-refractivity contribution in [2.24, 2.45) is 5.73 Å². The zero-order valence-electron chi connectivity index (χ0n) is 8.87. The molecule has 0 heterocycles. The first kappa shape index (κ1) is 14.5. The molecule has 0 bridgehead atoms. The van der Waals surface area contributed by atoms with E-state index in [1.807, 2.05) is 0 Å². The molecule has 1 nitrogen and oxygen atoms in total. The number of benzene rings is 1. The van der Waals surface area contributed by atoms with Crippen molar-refractivity contribution in [2.75, 3.05) is 6.54 Å². The minimum atomic E-state index is 0. The maximum Gasteiger partial charge on any atom is 0.0148 e. The molecule has 0 aromatic heterocycles. The van der Waals surface area contributed by atoms with E-state index in [9.17, 15) is 0 Å². The molecule has 0 saturated carbocycles. The Morgan fingerprint density at radius 2 is 2.20 bits per heavy atom. The molecule has 0 amide bonds. The minimum Gasteiger partial charge on any atom is -0.327 e. The van der Waals surface area contributed by atoms with Crippen molar-refractivity contribution in [3.8, 4) is 0 Å². The molecule has 0 fully saturated rings. The predicted molar refractivity (Wildman–Crippen MR) is 69.7 cm³/mol. The van der Waals surface area contributed by atoms with Gasteiger partial charge in [0.05, 0.1) is 0 Å². The number of hydrogen-bond donors (Lipinski definition) is 1. The summed E-state index contributed by atoms with van der Waals surface area (Å²) in [5, 5.41) is 0. The first-order valence-electron chi connectivity index (χ1n) is 4.80. The smallest absolute Gasteiger partial charge is 0.0148 e. The standard InChI is InChI=1S/C12H16ClN.ClH/c1-10-3-2-4-11(7-10)5-6-12(8-13)9-14;/h2-4,7-8H,5-6,9,14H2,1H3;1H. The van der Waals surface area contributed by atoms with E-state index in [2.05, 4.69) is 31.2 Å². The van der Waals surface area contributed by atoms with Crippen molar-refractivity contribution in [3.05, 3.63) is 46.5 Å². The van der Waals surface area contributed by atoms with Gasteiger partial charge in [-0.05, 0) is 30.9 Å². The van der Waals surface area contributed by atoms with Gasteiger partial charge in [0.2, 0.25) is 0 Å².